The Hall–Kier alpha value is -3.23. The van der Waals surface area contributed by atoms with Crippen molar-refractivity contribution in [3.8, 4) is 5.75 Å². The van der Waals surface area contributed by atoms with E-state index in [1.54, 1.807) is 19.2 Å². The van der Waals surface area contributed by atoms with E-state index in [1.807, 2.05) is 35.7 Å². The van der Waals surface area contributed by atoms with E-state index in [1.165, 1.54) is 6.07 Å². The molecule has 0 radical (unpaired) electrons. The van der Waals surface area contributed by atoms with Crippen molar-refractivity contribution in [3.05, 3.63) is 59.5 Å². The first-order chi connectivity index (χ1) is 13.1. The monoisotopic (exact) mass is 374 g/mol. The van der Waals surface area contributed by atoms with Crippen molar-refractivity contribution < 1.29 is 13.5 Å². The van der Waals surface area contributed by atoms with E-state index in [4.69, 9.17) is 0 Å². The lowest BCUT2D eigenvalue weighted by Crippen LogP contribution is -2.36. The highest BCUT2D eigenvalue weighted by molar-refractivity contribution is 5.79. The maximum absolute atomic E-state index is 12.6. The number of fused-ring (bicyclic) bond motifs is 1. The van der Waals surface area contributed by atoms with Gasteiger partial charge >= 0.3 is 6.61 Å². The molecule has 9 heteroatoms. The Balaban J connectivity index is 1.64. The quantitative estimate of drug-likeness (QED) is 0.512. The van der Waals surface area contributed by atoms with Gasteiger partial charge in [-0.15, -0.1) is 10.2 Å². The molecule has 27 heavy (non-hydrogen) atoms. The molecule has 0 aliphatic rings. The number of pyridine rings is 1. The van der Waals surface area contributed by atoms with Gasteiger partial charge in [0.25, 0.3) is 0 Å². The number of benzene rings is 1. The first kappa shape index (κ1) is 18.6. The number of aromatic nitrogens is 3. The summed E-state index contributed by atoms with van der Waals surface area (Å²) in [6.45, 7) is -0.299. The van der Waals surface area contributed by atoms with E-state index in [0.29, 0.717) is 18.1 Å². The number of nitrogens with one attached hydrogen (secondary N) is 2. The Morgan fingerprint density at radius 3 is 2.78 bits per heavy atom. The maximum atomic E-state index is 12.6. The summed E-state index contributed by atoms with van der Waals surface area (Å²) in [6, 6.07) is 10.7. The molecule has 2 aromatic heterocycles. The summed E-state index contributed by atoms with van der Waals surface area (Å²) in [5.74, 6) is 1.38. The van der Waals surface area contributed by atoms with E-state index in [2.05, 4.69) is 30.6 Å². The number of hydrogen-bond acceptors (Lipinski definition) is 4. The molecule has 0 atom stereocenters. The van der Waals surface area contributed by atoms with Crippen molar-refractivity contribution >= 4 is 11.6 Å². The van der Waals surface area contributed by atoms with E-state index in [-0.39, 0.29) is 12.3 Å². The molecular formula is C18H20F2N6O. The Kier molecular flexibility index (Phi) is 5.80. The normalized spacial score (nSPS) is 11.8. The highest BCUT2D eigenvalue weighted by atomic mass is 19.3. The van der Waals surface area contributed by atoms with Crippen LogP contribution in [0.5, 0.6) is 5.75 Å². The molecule has 0 fully saturated rings. The van der Waals surface area contributed by atoms with Crippen molar-refractivity contribution in [2.24, 2.45) is 4.99 Å². The molecule has 2 heterocycles. The van der Waals surface area contributed by atoms with E-state index < -0.39 is 6.61 Å². The summed E-state index contributed by atoms with van der Waals surface area (Å²) in [5.41, 5.74) is 2.32. The SMILES string of the molecule is CN=C(NCc1cc(C)ccc1OC(F)F)NCc1nnc2ccccn12. The van der Waals surface area contributed by atoms with Crippen LogP contribution in [0.25, 0.3) is 5.65 Å². The van der Waals surface area contributed by atoms with Crippen LogP contribution in [0.1, 0.15) is 17.0 Å². The largest absolute Gasteiger partial charge is 0.434 e. The third-order valence-electron chi connectivity index (χ3n) is 3.90. The highest BCUT2D eigenvalue weighted by Crippen LogP contribution is 2.21. The number of guanidine groups is 1. The second-order valence-electron chi connectivity index (χ2n) is 5.81. The van der Waals surface area contributed by atoms with Crippen molar-refractivity contribution in [2.75, 3.05) is 7.05 Å². The number of alkyl halides is 2. The van der Waals surface area contributed by atoms with Gasteiger partial charge in [-0.2, -0.15) is 8.78 Å². The number of hydrogen-bond donors (Lipinski definition) is 2. The maximum Gasteiger partial charge on any atom is 0.387 e. The molecule has 0 amide bonds. The summed E-state index contributed by atoms with van der Waals surface area (Å²) in [5, 5.41) is 14.5. The fraction of sp³-hybridized carbons (Fsp3) is 0.278. The number of nitrogens with zero attached hydrogens (tertiary/aromatic N) is 4. The van der Waals surface area contributed by atoms with Gasteiger partial charge in [0.1, 0.15) is 5.75 Å². The first-order valence-corrected chi connectivity index (χ1v) is 8.34. The zero-order chi connectivity index (χ0) is 19.2. The molecule has 3 rings (SSSR count). The van der Waals surface area contributed by atoms with Crippen molar-refractivity contribution in [1.29, 1.82) is 0 Å². The average molecular weight is 374 g/mol. The van der Waals surface area contributed by atoms with E-state index in [9.17, 15) is 8.78 Å². The topological polar surface area (TPSA) is 75.8 Å². The number of rotatable bonds is 6. The van der Waals surface area contributed by atoms with Gasteiger partial charge in [0, 0.05) is 25.4 Å². The van der Waals surface area contributed by atoms with Crippen LogP contribution in [0, 0.1) is 6.92 Å². The third kappa shape index (κ3) is 4.69. The summed E-state index contributed by atoms with van der Waals surface area (Å²) in [4.78, 5) is 4.14. The molecule has 3 aromatic rings. The lowest BCUT2D eigenvalue weighted by molar-refractivity contribution is -0.0504. The zero-order valence-electron chi connectivity index (χ0n) is 15.0. The smallest absolute Gasteiger partial charge is 0.387 e. The fourth-order valence-electron chi connectivity index (χ4n) is 2.63. The molecule has 0 unspecified atom stereocenters. The second-order valence-corrected chi connectivity index (χ2v) is 5.81. The van der Waals surface area contributed by atoms with Crippen LogP contribution in [-0.2, 0) is 13.1 Å². The minimum Gasteiger partial charge on any atom is -0.434 e. The molecule has 0 spiro atoms. The van der Waals surface area contributed by atoms with Gasteiger partial charge in [-0.25, -0.2) is 0 Å². The van der Waals surface area contributed by atoms with Crippen LogP contribution in [0.4, 0.5) is 8.78 Å². The van der Waals surface area contributed by atoms with Crippen LogP contribution >= 0.6 is 0 Å². The van der Waals surface area contributed by atoms with Gasteiger partial charge in [0.05, 0.1) is 6.54 Å². The third-order valence-corrected chi connectivity index (χ3v) is 3.90. The Bertz CT molecular complexity index is 941. The second kappa shape index (κ2) is 8.43. The van der Waals surface area contributed by atoms with Crippen LogP contribution < -0.4 is 15.4 Å². The van der Waals surface area contributed by atoms with Crippen LogP contribution in [0.2, 0.25) is 0 Å². The number of halogens is 2. The standard InChI is InChI=1S/C18H20F2N6O/c1-12-6-7-14(27-17(19)20)13(9-12)10-22-18(21-2)23-11-16-25-24-15-5-3-4-8-26(15)16/h3-9,17H,10-11H2,1-2H3,(H2,21,22,23). The summed E-state index contributed by atoms with van der Waals surface area (Å²) in [7, 11) is 1.63. The average Bonchev–Trinajstić information content (AvgIpc) is 3.07. The summed E-state index contributed by atoms with van der Waals surface area (Å²) in [6.07, 6.45) is 1.88. The molecule has 1 aromatic carbocycles. The molecular weight excluding hydrogens is 354 g/mol. The predicted octanol–water partition coefficient (Wildman–Crippen LogP) is 2.50. The number of ether oxygens (including phenoxy) is 1. The van der Waals surface area contributed by atoms with Crippen LogP contribution in [0.15, 0.2) is 47.6 Å². The minimum absolute atomic E-state index is 0.141. The molecule has 2 N–H and O–H groups in total. The van der Waals surface area contributed by atoms with Gasteiger partial charge < -0.3 is 15.4 Å². The Morgan fingerprint density at radius 2 is 2.00 bits per heavy atom. The van der Waals surface area contributed by atoms with Gasteiger partial charge in [-0.05, 0) is 25.1 Å². The van der Waals surface area contributed by atoms with Crippen molar-refractivity contribution in [1.82, 2.24) is 25.2 Å². The molecule has 0 bridgehead atoms. The summed E-state index contributed by atoms with van der Waals surface area (Å²) >= 11 is 0. The number of aliphatic imine (C=N–C) groups is 1. The number of aryl methyl sites for hydroxylation is 1. The molecule has 142 valence electrons. The lowest BCUT2D eigenvalue weighted by Gasteiger charge is -2.15. The van der Waals surface area contributed by atoms with Crippen molar-refractivity contribution in [2.45, 2.75) is 26.6 Å². The van der Waals surface area contributed by atoms with Crippen LogP contribution in [0.3, 0.4) is 0 Å². The van der Waals surface area contributed by atoms with Crippen LogP contribution in [-0.4, -0.2) is 34.2 Å². The van der Waals surface area contributed by atoms with E-state index in [0.717, 1.165) is 17.0 Å². The van der Waals surface area contributed by atoms with Crippen molar-refractivity contribution in [3.63, 3.8) is 0 Å². The Morgan fingerprint density at radius 1 is 1.19 bits per heavy atom. The highest BCUT2D eigenvalue weighted by Gasteiger charge is 2.11. The van der Waals surface area contributed by atoms with Gasteiger partial charge in [0.15, 0.2) is 17.4 Å². The first-order valence-electron chi connectivity index (χ1n) is 8.34. The summed E-state index contributed by atoms with van der Waals surface area (Å²) < 4.78 is 31.6. The van der Waals surface area contributed by atoms with E-state index >= 15 is 0 Å². The van der Waals surface area contributed by atoms with Gasteiger partial charge in [0.2, 0.25) is 0 Å². The molecule has 0 aliphatic heterocycles. The van der Waals surface area contributed by atoms with Gasteiger partial charge in [-0.1, -0.05) is 23.8 Å². The molecule has 7 nitrogen and oxygen atoms in total. The predicted molar refractivity (Wildman–Crippen MR) is 97.8 cm³/mol. The minimum atomic E-state index is -2.87. The van der Waals surface area contributed by atoms with Gasteiger partial charge in [-0.3, -0.25) is 9.39 Å². The molecule has 0 saturated heterocycles. The lowest BCUT2D eigenvalue weighted by atomic mass is 10.1. The molecule has 0 saturated carbocycles. The molecule has 0 aliphatic carbocycles. The fourth-order valence-corrected chi connectivity index (χ4v) is 2.63. The Labute approximate surface area is 155 Å². The zero-order valence-corrected chi connectivity index (χ0v) is 15.0.